The van der Waals surface area contributed by atoms with Crippen molar-refractivity contribution in [2.45, 2.75) is 6.54 Å². The van der Waals surface area contributed by atoms with Crippen LogP contribution in [0.15, 0.2) is 18.2 Å². The minimum Gasteiger partial charge on any atom is -0.423 e. The second kappa shape index (κ2) is 4.88. The molecule has 0 aliphatic rings. The maximum atomic E-state index is 13.0. The Bertz CT molecular complexity index is 360. The number of hydrogen-bond donors (Lipinski definition) is 3. The number of hydroxylamine groups is 2. The smallest absolute Gasteiger partial charge is 0.423 e. The first-order valence-corrected chi connectivity index (χ1v) is 4.10. The molecule has 0 aromatic heterocycles. The Morgan fingerprint density at radius 3 is 2.67 bits per heavy atom. The lowest BCUT2D eigenvalue weighted by Crippen LogP contribution is -2.33. The quantitative estimate of drug-likeness (QED) is 0.255. The topological polar surface area (TPSA) is 81.0 Å². The minimum atomic E-state index is -1.92. The molecular formula is C8H9BFNO4. The summed E-state index contributed by atoms with van der Waals surface area (Å²) in [5, 5.41) is 26.8. The summed E-state index contributed by atoms with van der Waals surface area (Å²) in [4.78, 5) is 10.1. The van der Waals surface area contributed by atoms with E-state index in [1.54, 1.807) is 0 Å². The van der Waals surface area contributed by atoms with E-state index in [0.29, 0.717) is 10.6 Å². The standard InChI is InChI=1S/C8H9BFNO4/c10-8-2-1-6(4-11(15)5-12)3-7(8)9(13)14/h1-3,5,13-15H,4H2. The van der Waals surface area contributed by atoms with Crippen LogP contribution in [0.5, 0.6) is 0 Å². The predicted octanol–water partition coefficient (Wildman–Crippen LogP) is -1.15. The summed E-state index contributed by atoms with van der Waals surface area (Å²) < 4.78 is 13.0. The highest BCUT2D eigenvalue weighted by molar-refractivity contribution is 6.58. The maximum absolute atomic E-state index is 13.0. The zero-order chi connectivity index (χ0) is 11.4. The van der Waals surface area contributed by atoms with Crippen molar-refractivity contribution in [2.24, 2.45) is 0 Å². The third-order valence-electron chi connectivity index (χ3n) is 1.80. The highest BCUT2D eigenvalue weighted by Gasteiger charge is 2.17. The first kappa shape index (κ1) is 11.6. The van der Waals surface area contributed by atoms with Crippen molar-refractivity contribution >= 4 is 19.0 Å². The molecule has 1 rings (SSSR count). The molecule has 1 amide bonds. The van der Waals surface area contributed by atoms with Crippen molar-refractivity contribution in [2.75, 3.05) is 0 Å². The van der Waals surface area contributed by atoms with Gasteiger partial charge in [0, 0.05) is 5.46 Å². The number of benzene rings is 1. The molecule has 1 aromatic carbocycles. The highest BCUT2D eigenvalue weighted by atomic mass is 19.1. The van der Waals surface area contributed by atoms with Gasteiger partial charge in [0.05, 0.1) is 6.54 Å². The van der Waals surface area contributed by atoms with Crippen molar-refractivity contribution in [1.29, 1.82) is 0 Å². The molecule has 0 saturated carbocycles. The first-order valence-electron chi connectivity index (χ1n) is 4.10. The number of carbonyl (C=O) groups is 1. The van der Waals surface area contributed by atoms with Crippen LogP contribution in [0, 0.1) is 5.82 Å². The summed E-state index contributed by atoms with van der Waals surface area (Å²) in [5.74, 6) is -0.760. The number of carbonyl (C=O) groups excluding carboxylic acids is 1. The molecule has 0 heterocycles. The van der Waals surface area contributed by atoms with Crippen LogP contribution in [-0.2, 0) is 11.3 Å². The van der Waals surface area contributed by atoms with E-state index in [1.165, 1.54) is 6.07 Å². The number of hydrogen-bond acceptors (Lipinski definition) is 4. The molecule has 0 bridgehead atoms. The van der Waals surface area contributed by atoms with Crippen LogP contribution in [0.25, 0.3) is 0 Å². The summed E-state index contributed by atoms with van der Waals surface area (Å²) in [6, 6.07) is 3.52. The number of amides is 1. The lowest BCUT2D eigenvalue weighted by Gasteiger charge is -2.10. The molecule has 80 valence electrons. The minimum absolute atomic E-state index is 0.149. The van der Waals surface area contributed by atoms with E-state index in [2.05, 4.69) is 0 Å². The summed E-state index contributed by atoms with van der Waals surface area (Å²) in [6.45, 7) is -0.149. The van der Waals surface area contributed by atoms with E-state index in [9.17, 15) is 9.18 Å². The van der Waals surface area contributed by atoms with Gasteiger partial charge < -0.3 is 10.0 Å². The predicted molar refractivity (Wildman–Crippen MR) is 49.6 cm³/mol. The van der Waals surface area contributed by atoms with Gasteiger partial charge in [-0.05, 0) is 11.6 Å². The van der Waals surface area contributed by atoms with E-state index in [4.69, 9.17) is 15.3 Å². The molecule has 0 atom stereocenters. The average Bonchev–Trinajstić information content (AvgIpc) is 2.20. The van der Waals surface area contributed by atoms with Gasteiger partial charge in [-0.15, -0.1) is 0 Å². The highest BCUT2D eigenvalue weighted by Crippen LogP contribution is 2.03. The molecule has 0 fully saturated rings. The van der Waals surface area contributed by atoms with Gasteiger partial charge in [0.2, 0.25) is 6.41 Å². The Hall–Kier alpha value is -1.44. The first-order chi connectivity index (χ1) is 7.04. The van der Waals surface area contributed by atoms with E-state index in [-0.39, 0.29) is 18.4 Å². The summed E-state index contributed by atoms with van der Waals surface area (Å²) >= 11 is 0. The SMILES string of the molecule is O=CN(O)Cc1ccc(F)c(B(O)O)c1. The van der Waals surface area contributed by atoms with Crippen molar-refractivity contribution in [1.82, 2.24) is 5.06 Å². The third kappa shape index (κ3) is 3.02. The normalized spacial score (nSPS) is 9.87. The molecule has 0 spiro atoms. The number of rotatable bonds is 4. The molecule has 0 aliphatic carbocycles. The van der Waals surface area contributed by atoms with Crippen molar-refractivity contribution < 1.29 is 24.4 Å². The van der Waals surface area contributed by atoms with Crippen LogP contribution in [0.3, 0.4) is 0 Å². The molecular weight excluding hydrogens is 204 g/mol. The van der Waals surface area contributed by atoms with E-state index < -0.39 is 12.9 Å². The zero-order valence-corrected chi connectivity index (χ0v) is 7.67. The van der Waals surface area contributed by atoms with Crippen LogP contribution < -0.4 is 5.46 Å². The summed E-state index contributed by atoms with van der Waals surface area (Å²) in [5.41, 5.74) is 0.0842. The molecule has 0 unspecified atom stereocenters. The van der Waals surface area contributed by atoms with Crippen LogP contribution in [0.1, 0.15) is 5.56 Å². The molecule has 15 heavy (non-hydrogen) atoms. The van der Waals surface area contributed by atoms with Gasteiger partial charge in [-0.25, -0.2) is 9.45 Å². The van der Waals surface area contributed by atoms with Crippen molar-refractivity contribution in [3.05, 3.63) is 29.6 Å². The van der Waals surface area contributed by atoms with Gasteiger partial charge in [-0.3, -0.25) is 10.0 Å². The fourth-order valence-electron chi connectivity index (χ4n) is 1.11. The lowest BCUT2D eigenvalue weighted by atomic mass is 9.79. The average molecular weight is 213 g/mol. The molecule has 3 N–H and O–H groups in total. The fourth-order valence-corrected chi connectivity index (χ4v) is 1.11. The summed E-state index contributed by atoms with van der Waals surface area (Å²) in [6.07, 6.45) is 0.193. The molecule has 0 saturated heterocycles. The third-order valence-corrected chi connectivity index (χ3v) is 1.80. The van der Waals surface area contributed by atoms with Crippen LogP contribution >= 0.6 is 0 Å². The monoisotopic (exact) mass is 213 g/mol. The largest absolute Gasteiger partial charge is 0.491 e. The molecule has 7 heteroatoms. The van der Waals surface area contributed by atoms with Crippen LogP contribution in [-0.4, -0.2) is 33.8 Å². The van der Waals surface area contributed by atoms with Crippen molar-refractivity contribution in [3.8, 4) is 0 Å². The Labute approximate surface area is 85.5 Å². The van der Waals surface area contributed by atoms with Gasteiger partial charge in [0.25, 0.3) is 0 Å². The molecule has 0 radical (unpaired) electrons. The van der Waals surface area contributed by atoms with Gasteiger partial charge in [0.15, 0.2) is 0 Å². The van der Waals surface area contributed by atoms with Gasteiger partial charge >= 0.3 is 7.12 Å². The van der Waals surface area contributed by atoms with E-state index in [0.717, 1.165) is 12.1 Å². The number of halogens is 1. The van der Waals surface area contributed by atoms with Gasteiger partial charge in [-0.1, -0.05) is 12.1 Å². The number of nitrogens with zero attached hydrogens (tertiary/aromatic N) is 1. The summed E-state index contributed by atoms with van der Waals surface area (Å²) in [7, 11) is -1.92. The Balaban J connectivity index is 2.92. The second-order valence-electron chi connectivity index (χ2n) is 2.93. The maximum Gasteiger partial charge on any atom is 0.491 e. The van der Waals surface area contributed by atoms with Gasteiger partial charge in [-0.2, -0.15) is 0 Å². The fraction of sp³-hybridized carbons (Fsp3) is 0.125. The Morgan fingerprint density at radius 2 is 2.13 bits per heavy atom. The van der Waals surface area contributed by atoms with E-state index >= 15 is 0 Å². The molecule has 0 aliphatic heterocycles. The van der Waals surface area contributed by atoms with Crippen LogP contribution in [0.2, 0.25) is 0 Å². The van der Waals surface area contributed by atoms with Crippen molar-refractivity contribution in [3.63, 3.8) is 0 Å². The molecule has 1 aromatic rings. The van der Waals surface area contributed by atoms with Gasteiger partial charge in [0.1, 0.15) is 5.82 Å². The lowest BCUT2D eigenvalue weighted by molar-refractivity contribution is -0.152. The Morgan fingerprint density at radius 1 is 1.47 bits per heavy atom. The Kier molecular flexibility index (Phi) is 3.78. The second-order valence-corrected chi connectivity index (χ2v) is 2.93. The molecule has 5 nitrogen and oxygen atoms in total. The van der Waals surface area contributed by atoms with Crippen LogP contribution in [0.4, 0.5) is 4.39 Å². The van der Waals surface area contributed by atoms with E-state index in [1.807, 2.05) is 0 Å². The zero-order valence-electron chi connectivity index (χ0n) is 7.67.